The van der Waals surface area contributed by atoms with Crippen LogP contribution in [0.15, 0.2) is 24.3 Å². The van der Waals surface area contributed by atoms with E-state index in [1.807, 2.05) is 0 Å². The summed E-state index contributed by atoms with van der Waals surface area (Å²) in [6.45, 7) is 0. The van der Waals surface area contributed by atoms with Gasteiger partial charge in [-0.25, -0.2) is 4.79 Å². The van der Waals surface area contributed by atoms with Crippen molar-refractivity contribution < 1.29 is 19.7 Å². The Morgan fingerprint density at radius 2 is 2.07 bits per heavy atom. The van der Waals surface area contributed by atoms with Crippen LogP contribution in [0.1, 0.15) is 11.6 Å². The number of benzene rings is 1. The van der Waals surface area contributed by atoms with E-state index in [1.54, 1.807) is 24.3 Å². The van der Waals surface area contributed by atoms with E-state index in [-0.39, 0.29) is 0 Å². The molecule has 15 heavy (non-hydrogen) atoms. The quantitative estimate of drug-likeness (QED) is 0.658. The predicted octanol–water partition coefficient (Wildman–Crippen LogP) is 0.140. The minimum atomic E-state index is -1.64. The third-order valence-electron chi connectivity index (χ3n) is 2.09. The van der Waals surface area contributed by atoms with Gasteiger partial charge in [-0.15, -0.1) is 0 Å². The number of aliphatic carboxylic acids is 1. The number of hydrogen-bond donors (Lipinski definition) is 3. The van der Waals surface area contributed by atoms with Gasteiger partial charge in [0.1, 0.15) is 5.75 Å². The molecule has 0 heterocycles. The molecule has 0 aliphatic heterocycles. The van der Waals surface area contributed by atoms with Gasteiger partial charge in [-0.1, -0.05) is 18.2 Å². The summed E-state index contributed by atoms with van der Waals surface area (Å²) in [6, 6.07) is 5.71. The first-order valence-electron chi connectivity index (χ1n) is 4.37. The Bertz CT molecular complexity index is 353. The fourth-order valence-corrected chi connectivity index (χ4v) is 1.27. The average Bonchev–Trinajstić information content (AvgIpc) is 2.26. The second-order valence-electron chi connectivity index (χ2n) is 3.05. The van der Waals surface area contributed by atoms with E-state index in [9.17, 15) is 9.90 Å². The van der Waals surface area contributed by atoms with Gasteiger partial charge in [0.25, 0.3) is 0 Å². The molecule has 1 aromatic rings. The van der Waals surface area contributed by atoms with Gasteiger partial charge in [0.15, 0.2) is 6.10 Å². The maximum atomic E-state index is 10.5. The second kappa shape index (κ2) is 4.77. The lowest BCUT2D eigenvalue weighted by Crippen LogP contribution is -2.33. The Labute approximate surface area is 87.1 Å². The number of para-hydroxylation sites is 1. The zero-order valence-electron chi connectivity index (χ0n) is 8.25. The molecule has 4 N–H and O–H groups in total. The van der Waals surface area contributed by atoms with Crippen LogP contribution in [0.25, 0.3) is 0 Å². The van der Waals surface area contributed by atoms with Crippen LogP contribution in [0.4, 0.5) is 0 Å². The van der Waals surface area contributed by atoms with Crippen LogP contribution in [-0.4, -0.2) is 29.4 Å². The van der Waals surface area contributed by atoms with E-state index in [0.29, 0.717) is 11.3 Å². The number of carboxylic acids is 1. The molecular weight excluding hydrogens is 198 g/mol. The van der Waals surface area contributed by atoms with E-state index < -0.39 is 18.1 Å². The highest BCUT2D eigenvalue weighted by Gasteiger charge is 2.25. The molecule has 0 bridgehead atoms. The van der Waals surface area contributed by atoms with Crippen molar-refractivity contribution >= 4 is 5.97 Å². The van der Waals surface area contributed by atoms with Crippen molar-refractivity contribution in [1.82, 2.24) is 0 Å². The second-order valence-corrected chi connectivity index (χ2v) is 3.05. The number of carboxylic acid groups (broad SMARTS) is 1. The zero-order chi connectivity index (χ0) is 11.4. The summed E-state index contributed by atoms with van der Waals surface area (Å²) < 4.78 is 5.01. The monoisotopic (exact) mass is 211 g/mol. The molecule has 0 aliphatic carbocycles. The summed E-state index contributed by atoms with van der Waals surface area (Å²) in [5.74, 6) is -0.890. The van der Waals surface area contributed by atoms with Crippen LogP contribution in [0.2, 0.25) is 0 Å². The fraction of sp³-hybridized carbons (Fsp3) is 0.300. The first kappa shape index (κ1) is 11.5. The SMILES string of the molecule is COc1ccccc1[C@H](N)[C@H](O)C(=O)O. The number of aliphatic hydroxyl groups is 1. The third-order valence-corrected chi connectivity index (χ3v) is 2.09. The first-order chi connectivity index (χ1) is 7.07. The van der Waals surface area contributed by atoms with Crippen molar-refractivity contribution in [2.24, 2.45) is 5.73 Å². The molecule has 82 valence electrons. The summed E-state index contributed by atoms with van der Waals surface area (Å²) >= 11 is 0. The number of ether oxygens (including phenoxy) is 1. The van der Waals surface area contributed by atoms with Crippen LogP contribution in [0.3, 0.4) is 0 Å². The highest BCUT2D eigenvalue weighted by atomic mass is 16.5. The standard InChI is InChI=1S/C10H13NO4/c1-15-7-5-3-2-4-6(7)8(11)9(12)10(13)14/h2-5,8-9,12H,11H2,1H3,(H,13,14)/t8-,9-/m0/s1. The fourth-order valence-electron chi connectivity index (χ4n) is 1.27. The maximum absolute atomic E-state index is 10.5. The number of hydrogen-bond acceptors (Lipinski definition) is 4. The highest BCUT2D eigenvalue weighted by Crippen LogP contribution is 2.25. The molecule has 0 saturated heterocycles. The van der Waals surface area contributed by atoms with Crippen molar-refractivity contribution in [2.75, 3.05) is 7.11 Å². The van der Waals surface area contributed by atoms with Gasteiger partial charge in [-0.05, 0) is 6.07 Å². The molecule has 0 radical (unpaired) electrons. The Morgan fingerprint density at radius 1 is 1.47 bits per heavy atom. The van der Waals surface area contributed by atoms with Crippen LogP contribution in [0.5, 0.6) is 5.75 Å². The van der Waals surface area contributed by atoms with Crippen LogP contribution in [0, 0.1) is 0 Å². The Balaban J connectivity index is 2.99. The smallest absolute Gasteiger partial charge is 0.334 e. The minimum Gasteiger partial charge on any atom is -0.496 e. The van der Waals surface area contributed by atoms with E-state index >= 15 is 0 Å². The molecule has 0 fully saturated rings. The molecule has 0 unspecified atom stereocenters. The Morgan fingerprint density at radius 3 is 2.60 bits per heavy atom. The molecule has 0 aromatic heterocycles. The lowest BCUT2D eigenvalue weighted by Gasteiger charge is -2.17. The van der Waals surface area contributed by atoms with Crippen molar-refractivity contribution in [3.05, 3.63) is 29.8 Å². The van der Waals surface area contributed by atoms with Gasteiger partial charge in [0, 0.05) is 5.56 Å². The van der Waals surface area contributed by atoms with E-state index in [4.69, 9.17) is 15.6 Å². The van der Waals surface area contributed by atoms with Gasteiger partial charge in [0.2, 0.25) is 0 Å². The number of rotatable bonds is 4. The van der Waals surface area contributed by atoms with Gasteiger partial charge in [-0.3, -0.25) is 0 Å². The summed E-state index contributed by atoms with van der Waals surface area (Å²) in [4.78, 5) is 10.5. The van der Waals surface area contributed by atoms with Crippen molar-refractivity contribution in [3.8, 4) is 5.75 Å². The normalized spacial score (nSPS) is 14.3. The van der Waals surface area contributed by atoms with Crippen LogP contribution in [-0.2, 0) is 4.79 Å². The summed E-state index contributed by atoms with van der Waals surface area (Å²) in [5, 5.41) is 17.9. The summed E-state index contributed by atoms with van der Waals surface area (Å²) in [5.41, 5.74) is 6.07. The van der Waals surface area contributed by atoms with Gasteiger partial charge in [0.05, 0.1) is 13.2 Å². The van der Waals surface area contributed by atoms with Crippen molar-refractivity contribution in [2.45, 2.75) is 12.1 Å². The molecule has 5 nitrogen and oxygen atoms in total. The molecule has 1 rings (SSSR count). The van der Waals surface area contributed by atoms with Crippen LogP contribution >= 0.6 is 0 Å². The number of methoxy groups -OCH3 is 1. The van der Waals surface area contributed by atoms with E-state index in [2.05, 4.69) is 0 Å². The summed E-state index contributed by atoms with van der Waals surface area (Å²) in [7, 11) is 1.46. The highest BCUT2D eigenvalue weighted by molar-refractivity contribution is 5.73. The van der Waals surface area contributed by atoms with Crippen molar-refractivity contribution in [3.63, 3.8) is 0 Å². The molecule has 0 saturated carbocycles. The average molecular weight is 211 g/mol. The molecule has 2 atom stereocenters. The number of nitrogens with two attached hydrogens (primary N) is 1. The maximum Gasteiger partial charge on any atom is 0.334 e. The largest absolute Gasteiger partial charge is 0.496 e. The number of carbonyl (C=O) groups is 1. The lowest BCUT2D eigenvalue weighted by molar-refractivity contribution is -0.147. The Hall–Kier alpha value is -1.59. The molecular formula is C10H13NO4. The molecule has 1 aromatic carbocycles. The lowest BCUT2D eigenvalue weighted by atomic mass is 10.0. The summed E-state index contributed by atoms with van der Waals surface area (Å²) in [6.07, 6.45) is -1.64. The van der Waals surface area contributed by atoms with Gasteiger partial charge >= 0.3 is 5.97 Å². The van der Waals surface area contributed by atoms with E-state index in [1.165, 1.54) is 7.11 Å². The zero-order valence-corrected chi connectivity index (χ0v) is 8.25. The predicted molar refractivity (Wildman–Crippen MR) is 53.6 cm³/mol. The molecule has 0 spiro atoms. The van der Waals surface area contributed by atoms with Gasteiger partial charge < -0.3 is 20.7 Å². The van der Waals surface area contributed by atoms with Gasteiger partial charge in [-0.2, -0.15) is 0 Å². The third kappa shape index (κ3) is 2.45. The first-order valence-corrected chi connectivity index (χ1v) is 4.37. The molecule has 5 heteroatoms. The van der Waals surface area contributed by atoms with Crippen molar-refractivity contribution in [1.29, 1.82) is 0 Å². The topological polar surface area (TPSA) is 92.8 Å². The molecule has 0 amide bonds. The molecule has 0 aliphatic rings. The minimum absolute atomic E-state index is 0.463. The number of aliphatic hydroxyl groups excluding tert-OH is 1. The van der Waals surface area contributed by atoms with E-state index in [0.717, 1.165) is 0 Å². The Kier molecular flexibility index (Phi) is 3.65. The van der Waals surface area contributed by atoms with Crippen LogP contribution < -0.4 is 10.5 Å².